The number of carbonyl (C=O) groups is 2. The van der Waals surface area contributed by atoms with Gasteiger partial charge in [-0.25, -0.2) is 4.98 Å². The molecule has 0 atom stereocenters. The summed E-state index contributed by atoms with van der Waals surface area (Å²) in [5, 5.41) is 11.4. The zero-order valence-corrected chi connectivity index (χ0v) is 10.1. The first-order chi connectivity index (χ1) is 8.48. The number of carbonyl (C=O) groups excluding carboxylic acids is 1. The fourth-order valence-electron chi connectivity index (χ4n) is 1.58. The predicted molar refractivity (Wildman–Crippen MR) is 61.3 cm³/mol. The smallest absolute Gasteiger partial charge is 0.319 e. The van der Waals surface area contributed by atoms with Crippen LogP contribution in [-0.2, 0) is 9.59 Å². The van der Waals surface area contributed by atoms with Crippen LogP contribution in [0.25, 0.3) is 0 Å². The molecule has 1 heterocycles. The molecule has 0 saturated heterocycles. The van der Waals surface area contributed by atoms with Crippen LogP contribution >= 0.6 is 0 Å². The number of rotatable bonds is 4. The summed E-state index contributed by atoms with van der Waals surface area (Å²) in [7, 11) is 1.45. The maximum absolute atomic E-state index is 11.8. The van der Waals surface area contributed by atoms with Gasteiger partial charge in [-0.2, -0.15) is 4.98 Å². The maximum atomic E-state index is 11.8. The van der Waals surface area contributed by atoms with Gasteiger partial charge in [0.25, 0.3) is 0 Å². The topological polar surface area (TPSA) is 101 Å². The number of hydrogen-bond acceptors (Lipinski definition) is 5. The Bertz CT molecular complexity index is 511. The zero-order valence-electron chi connectivity index (χ0n) is 10.1. The summed E-state index contributed by atoms with van der Waals surface area (Å²) >= 11 is 0. The lowest BCUT2D eigenvalue weighted by molar-refractivity contribution is -0.147. The lowest BCUT2D eigenvalue weighted by atomic mass is 10.1. The second kappa shape index (κ2) is 4.25. The van der Waals surface area contributed by atoms with Crippen molar-refractivity contribution in [2.45, 2.75) is 19.8 Å². The van der Waals surface area contributed by atoms with Crippen molar-refractivity contribution in [3.63, 3.8) is 0 Å². The number of hydrogen-bond donors (Lipinski definition) is 2. The van der Waals surface area contributed by atoms with E-state index in [1.807, 2.05) is 0 Å². The molecule has 1 aliphatic rings. The Balaban J connectivity index is 2.17. The summed E-state index contributed by atoms with van der Waals surface area (Å²) in [6.07, 6.45) is 0.689. The summed E-state index contributed by atoms with van der Waals surface area (Å²) in [5.41, 5.74) is -0.683. The third-order valence-electron chi connectivity index (χ3n) is 2.86. The Morgan fingerprint density at radius 2 is 2.11 bits per heavy atom. The van der Waals surface area contributed by atoms with E-state index in [1.54, 1.807) is 13.0 Å². The van der Waals surface area contributed by atoms with Gasteiger partial charge in [0, 0.05) is 11.8 Å². The fourth-order valence-corrected chi connectivity index (χ4v) is 1.58. The minimum Gasteiger partial charge on any atom is -0.481 e. The summed E-state index contributed by atoms with van der Waals surface area (Å²) in [6, 6.07) is 1.61. The van der Waals surface area contributed by atoms with Gasteiger partial charge in [0.2, 0.25) is 17.7 Å². The van der Waals surface area contributed by atoms with Gasteiger partial charge < -0.3 is 9.84 Å². The Labute approximate surface area is 103 Å². The number of carboxylic acids is 1. The van der Waals surface area contributed by atoms with Gasteiger partial charge in [0.1, 0.15) is 5.41 Å². The number of methoxy groups -OCH3 is 1. The lowest BCUT2D eigenvalue weighted by Gasteiger charge is -2.10. The minimum absolute atomic E-state index is 0.0596. The van der Waals surface area contributed by atoms with Crippen LogP contribution in [0.3, 0.4) is 0 Å². The molecule has 1 aliphatic carbocycles. The third kappa shape index (κ3) is 2.11. The highest BCUT2D eigenvalue weighted by atomic mass is 16.5. The minimum atomic E-state index is -1.31. The highest BCUT2D eigenvalue weighted by Gasteiger charge is 2.57. The van der Waals surface area contributed by atoms with Crippen molar-refractivity contribution < 1.29 is 19.4 Å². The molecule has 0 radical (unpaired) electrons. The average Bonchev–Trinajstić information content (AvgIpc) is 3.09. The Kier molecular flexibility index (Phi) is 2.90. The molecule has 1 saturated carbocycles. The number of amides is 1. The van der Waals surface area contributed by atoms with E-state index >= 15 is 0 Å². The van der Waals surface area contributed by atoms with Gasteiger partial charge in [0.05, 0.1) is 7.11 Å². The lowest BCUT2D eigenvalue weighted by Crippen LogP contribution is -2.31. The van der Waals surface area contributed by atoms with E-state index in [9.17, 15) is 9.59 Å². The van der Waals surface area contributed by atoms with Crippen molar-refractivity contribution in [3.8, 4) is 5.88 Å². The molecule has 0 aliphatic heterocycles. The molecule has 18 heavy (non-hydrogen) atoms. The quantitative estimate of drug-likeness (QED) is 0.760. The van der Waals surface area contributed by atoms with Gasteiger partial charge in [-0.1, -0.05) is 0 Å². The average molecular weight is 251 g/mol. The number of aromatic nitrogens is 2. The fraction of sp³-hybridized carbons (Fsp3) is 0.455. The first-order valence-corrected chi connectivity index (χ1v) is 5.42. The Hall–Kier alpha value is -2.18. The summed E-state index contributed by atoms with van der Waals surface area (Å²) < 4.78 is 4.95. The zero-order chi connectivity index (χ0) is 13.3. The first kappa shape index (κ1) is 12.3. The second-order valence-corrected chi connectivity index (χ2v) is 4.22. The predicted octanol–water partition coefficient (Wildman–Crippen LogP) is 0.597. The number of carboxylic acid groups (broad SMARTS) is 1. The molecule has 7 heteroatoms. The van der Waals surface area contributed by atoms with E-state index in [2.05, 4.69) is 15.3 Å². The Morgan fingerprint density at radius 3 is 2.61 bits per heavy atom. The first-order valence-electron chi connectivity index (χ1n) is 5.42. The van der Waals surface area contributed by atoms with Crippen LogP contribution in [0.15, 0.2) is 6.07 Å². The molecule has 1 aromatic rings. The van der Waals surface area contributed by atoms with Crippen molar-refractivity contribution in [1.29, 1.82) is 0 Å². The van der Waals surface area contributed by atoms with E-state index in [1.165, 1.54) is 7.11 Å². The normalized spacial score (nSPS) is 15.9. The number of ether oxygens (including phenoxy) is 1. The number of nitrogens with one attached hydrogen (secondary N) is 1. The molecule has 1 amide bonds. The van der Waals surface area contributed by atoms with Gasteiger partial charge >= 0.3 is 5.97 Å². The molecular weight excluding hydrogens is 238 g/mol. The summed E-state index contributed by atoms with van der Waals surface area (Å²) in [5.74, 6) is -1.32. The molecule has 2 N–H and O–H groups in total. The molecule has 96 valence electrons. The van der Waals surface area contributed by atoms with Crippen LogP contribution in [0, 0.1) is 12.3 Å². The molecule has 7 nitrogen and oxygen atoms in total. The molecule has 0 unspecified atom stereocenters. The SMILES string of the molecule is COc1cc(C)nc(NC(=O)C2(C(=O)O)CC2)n1. The van der Waals surface area contributed by atoms with Crippen molar-refractivity contribution in [2.75, 3.05) is 12.4 Å². The van der Waals surface area contributed by atoms with Gasteiger partial charge in [-0.3, -0.25) is 14.9 Å². The molecule has 0 spiro atoms. The third-order valence-corrected chi connectivity index (χ3v) is 2.86. The molecule has 1 fully saturated rings. The molecule has 2 rings (SSSR count). The number of nitrogens with zero attached hydrogens (tertiary/aromatic N) is 2. The van der Waals surface area contributed by atoms with Crippen LogP contribution in [0.5, 0.6) is 5.88 Å². The van der Waals surface area contributed by atoms with Gasteiger partial charge in [-0.05, 0) is 19.8 Å². The summed E-state index contributed by atoms with van der Waals surface area (Å²) in [4.78, 5) is 30.8. The molecular formula is C11H13N3O4. The van der Waals surface area contributed by atoms with E-state index in [4.69, 9.17) is 9.84 Å². The van der Waals surface area contributed by atoms with Gasteiger partial charge in [-0.15, -0.1) is 0 Å². The van der Waals surface area contributed by atoms with Crippen LogP contribution in [0.1, 0.15) is 18.5 Å². The highest BCUT2D eigenvalue weighted by molar-refractivity contribution is 6.10. The van der Waals surface area contributed by atoms with Crippen LogP contribution in [0.2, 0.25) is 0 Å². The largest absolute Gasteiger partial charge is 0.481 e. The standard InChI is InChI=1S/C11H13N3O4/c1-6-5-7(18-2)13-10(12-6)14-8(15)11(3-4-11)9(16)17/h5H,3-4H2,1-2H3,(H,16,17)(H,12,13,14,15). The maximum Gasteiger partial charge on any atom is 0.319 e. The molecule has 0 aromatic carbocycles. The highest BCUT2D eigenvalue weighted by Crippen LogP contribution is 2.46. The summed E-state index contributed by atoms with van der Waals surface area (Å²) in [6.45, 7) is 1.73. The van der Waals surface area contributed by atoms with E-state index in [0.29, 0.717) is 24.4 Å². The van der Waals surface area contributed by atoms with Crippen molar-refractivity contribution >= 4 is 17.8 Å². The van der Waals surface area contributed by atoms with Crippen LogP contribution < -0.4 is 10.1 Å². The number of anilines is 1. The van der Waals surface area contributed by atoms with E-state index < -0.39 is 17.3 Å². The second-order valence-electron chi connectivity index (χ2n) is 4.22. The Morgan fingerprint density at radius 1 is 1.44 bits per heavy atom. The monoisotopic (exact) mass is 251 g/mol. The van der Waals surface area contributed by atoms with Crippen LogP contribution in [-0.4, -0.2) is 34.1 Å². The molecule has 0 bridgehead atoms. The van der Waals surface area contributed by atoms with Crippen molar-refractivity contribution in [3.05, 3.63) is 11.8 Å². The van der Waals surface area contributed by atoms with Crippen molar-refractivity contribution in [1.82, 2.24) is 9.97 Å². The van der Waals surface area contributed by atoms with Crippen LogP contribution in [0.4, 0.5) is 5.95 Å². The number of aryl methyl sites for hydroxylation is 1. The van der Waals surface area contributed by atoms with E-state index in [0.717, 1.165) is 0 Å². The van der Waals surface area contributed by atoms with Gasteiger partial charge in [0.15, 0.2) is 0 Å². The number of aliphatic carboxylic acids is 1. The molecule has 1 aromatic heterocycles. The van der Waals surface area contributed by atoms with E-state index in [-0.39, 0.29) is 5.95 Å². The van der Waals surface area contributed by atoms with Crippen molar-refractivity contribution in [2.24, 2.45) is 5.41 Å².